The Morgan fingerprint density at radius 2 is 2.06 bits per heavy atom. The van der Waals surface area contributed by atoms with Crippen molar-refractivity contribution in [2.24, 2.45) is 0 Å². The molecule has 86 valence electrons. The molecule has 0 aromatic carbocycles. The molecule has 1 aliphatic rings. The Balaban J connectivity index is 2.44. The Morgan fingerprint density at radius 3 is 2.56 bits per heavy atom. The average molecular weight is 219 g/mol. The first-order valence-corrected chi connectivity index (χ1v) is 5.62. The summed E-state index contributed by atoms with van der Waals surface area (Å²) in [7, 11) is 0. The molecule has 0 amide bonds. The number of rotatable bonds is 3. The Hall–Kier alpha value is -1.38. The number of ether oxygens (including phenoxy) is 1. The summed E-state index contributed by atoms with van der Waals surface area (Å²) >= 11 is 0. The quantitative estimate of drug-likeness (QED) is 0.734. The fourth-order valence-electron chi connectivity index (χ4n) is 1.80. The van der Waals surface area contributed by atoms with E-state index in [0.717, 1.165) is 30.4 Å². The number of pyridine rings is 1. The summed E-state index contributed by atoms with van der Waals surface area (Å²) in [6.45, 7) is 6.24. The highest BCUT2D eigenvalue weighted by Crippen LogP contribution is 2.36. The molecular formula is C13H17NO2. The molecule has 0 aliphatic heterocycles. The normalized spacial score (nSPS) is 15.9. The minimum absolute atomic E-state index is 0.108. The lowest BCUT2D eigenvalue weighted by Gasteiger charge is -2.24. The standard InChI is InChI=1S/C13H17NO2/c1-13(2,3)12-9(8-15)6-14-7-11(12)16-10-4-5-10/h6-8,10H,4-5H2,1-3H3. The van der Waals surface area contributed by atoms with Gasteiger partial charge in [0.25, 0.3) is 0 Å². The van der Waals surface area contributed by atoms with Gasteiger partial charge in [0.2, 0.25) is 0 Å². The Kier molecular flexibility index (Phi) is 2.70. The van der Waals surface area contributed by atoms with Gasteiger partial charge in [-0.1, -0.05) is 20.8 Å². The van der Waals surface area contributed by atoms with E-state index in [4.69, 9.17) is 4.74 Å². The molecule has 0 unspecified atom stereocenters. The first-order chi connectivity index (χ1) is 7.52. The number of aromatic nitrogens is 1. The van der Waals surface area contributed by atoms with Gasteiger partial charge in [-0.3, -0.25) is 9.78 Å². The molecule has 1 aromatic heterocycles. The fraction of sp³-hybridized carbons (Fsp3) is 0.538. The summed E-state index contributed by atoms with van der Waals surface area (Å²) in [5.41, 5.74) is 1.48. The van der Waals surface area contributed by atoms with Crippen LogP contribution in [0.1, 0.15) is 49.5 Å². The second-order valence-electron chi connectivity index (χ2n) is 5.29. The first-order valence-electron chi connectivity index (χ1n) is 5.62. The van der Waals surface area contributed by atoms with E-state index in [1.165, 1.54) is 0 Å². The zero-order valence-electron chi connectivity index (χ0n) is 9.99. The lowest BCUT2D eigenvalue weighted by Crippen LogP contribution is -2.17. The maximum absolute atomic E-state index is 11.0. The van der Waals surface area contributed by atoms with Crippen molar-refractivity contribution < 1.29 is 9.53 Å². The average Bonchev–Trinajstić information content (AvgIpc) is 2.99. The fourth-order valence-corrected chi connectivity index (χ4v) is 1.80. The molecule has 2 rings (SSSR count). The number of carbonyl (C=O) groups is 1. The molecule has 1 saturated carbocycles. The van der Waals surface area contributed by atoms with E-state index < -0.39 is 0 Å². The van der Waals surface area contributed by atoms with Gasteiger partial charge >= 0.3 is 0 Å². The first kappa shape index (κ1) is 11.1. The third-order valence-electron chi connectivity index (χ3n) is 2.64. The molecule has 0 atom stereocenters. The predicted molar refractivity (Wildman–Crippen MR) is 62.0 cm³/mol. The van der Waals surface area contributed by atoms with Crippen LogP contribution in [-0.2, 0) is 5.41 Å². The molecule has 1 heterocycles. The van der Waals surface area contributed by atoms with Gasteiger partial charge in [0.1, 0.15) is 5.75 Å². The summed E-state index contributed by atoms with van der Waals surface area (Å²) in [6, 6.07) is 0. The van der Waals surface area contributed by atoms with Gasteiger partial charge < -0.3 is 4.74 Å². The molecule has 0 saturated heterocycles. The van der Waals surface area contributed by atoms with Crippen molar-refractivity contribution in [3.8, 4) is 5.75 Å². The van der Waals surface area contributed by atoms with Gasteiger partial charge in [-0.2, -0.15) is 0 Å². The number of carbonyl (C=O) groups excluding carboxylic acids is 1. The third kappa shape index (κ3) is 2.23. The van der Waals surface area contributed by atoms with Crippen molar-refractivity contribution in [2.75, 3.05) is 0 Å². The largest absolute Gasteiger partial charge is 0.488 e. The summed E-state index contributed by atoms with van der Waals surface area (Å²) in [5, 5.41) is 0. The van der Waals surface area contributed by atoms with Crippen LogP contribution in [0.2, 0.25) is 0 Å². The van der Waals surface area contributed by atoms with Crippen molar-refractivity contribution in [1.29, 1.82) is 0 Å². The van der Waals surface area contributed by atoms with Gasteiger partial charge in [0.15, 0.2) is 6.29 Å². The minimum Gasteiger partial charge on any atom is -0.488 e. The molecule has 1 aliphatic carbocycles. The van der Waals surface area contributed by atoms with Crippen LogP contribution in [-0.4, -0.2) is 17.4 Å². The highest BCUT2D eigenvalue weighted by molar-refractivity contribution is 5.78. The Morgan fingerprint density at radius 1 is 1.38 bits per heavy atom. The van der Waals surface area contributed by atoms with Crippen LogP contribution in [0.25, 0.3) is 0 Å². The van der Waals surface area contributed by atoms with E-state index in [-0.39, 0.29) is 5.41 Å². The van der Waals surface area contributed by atoms with Crippen LogP contribution in [0.3, 0.4) is 0 Å². The lowest BCUT2D eigenvalue weighted by molar-refractivity contribution is 0.112. The molecule has 1 aromatic rings. The molecule has 0 radical (unpaired) electrons. The molecule has 0 spiro atoms. The number of aldehydes is 1. The number of hydrogen-bond donors (Lipinski definition) is 0. The summed E-state index contributed by atoms with van der Waals surface area (Å²) in [6.07, 6.45) is 6.71. The molecule has 0 N–H and O–H groups in total. The van der Waals surface area contributed by atoms with Crippen molar-refractivity contribution in [3.05, 3.63) is 23.5 Å². The summed E-state index contributed by atoms with van der Waals surface area (Å²) in [4.78, 5) is 15.1. The monoisotopic (exact) mass is 219 g/mol. The summed E-state index contributed by atoms with van der Waals surface area (Å²) < 4.78 is 5.80. The number of hydrogen-bond acceptors (Lipinski definition) is 3. The maximum atomic E-state index is 11.0. The van der Waals surface area contributed by atoms with E-state index in [2.05, 4.69) is 25.8 Å². The zero-order chi connectivity index (χ0) is 11.8. The lowest BCUT2D eigenvalue weighted by atomic mass is 9.84. The second-order valence-corrected chi connectivity index (χ2v) is 5.29. The molecule has 3 nitrogen and oxygen atoms in total. The summed E-state index contributed by atoms with van der Waals surface area (Å²) in [5.74, 6) is 0.764. The predicted octanol–water partition coefficient (Wildman–Crippen LogP) is 2.73. The Bertz CT molecular complexity index is 403. The SMILES string of the molecule is CC(C)(C)c1c(C=O)cncc1OC1CC1. The second kappa shape index (κ2) is 3.89. The van der Waals surface area contributed by atoms with E-state index >= 15 is 0 Å². The highest BCUT2D eigenvalue weighted by Gasteiger charge is 2.28. The molecular weight excluding hydrogens is 202 g/mol. The van der Waals surface area contributed by atoms with Gasteiger partial charge in [-0.05, 0) is 18.3 Å². The van der Waals surface area contributed by atoms with Crippen LogP contribution >= 0.6 is 0 Å². The van der Waals surface area contributed by atoms with Gasteiger partial charge in [-0.25, -0.2) is 0 Å². The van der Waals surface area contributed by atoms with Gasteiger partial charge in [0, 0.05) is 17.3 Å². The minimum atomic E-state index is -0.108. The van der Waals surface area contributed by atoms with Crippen molar-refractivity contribution in [3.63, 3.8) is 0 Å². The molecule has 1 fully saturated rings. The van der Waals surface area contributed by atoms with Crippen molar-refractivity contribution in [1.82, 2.24) is 4.98 Å². The van der Waals surface area contributed by atoms with E-state index in [1.807, 2.05) is 0 Å². The van der Waals surface area contributed by atoms with Crippen LogP contribution in [0.5, 0.6) is 5.75 Å². The topological polar surface area (TPSA) is 39.2 Å². The maximum Gasteiger partial charge on any atom is 0.152 e. The highest BCUT2D eigenvalue weighted by atomic mass is 16.5. The van der Waals surface area contributed by atoms with Gasteiger partial charge in [-0.15, -0.1) is 0 Å². The smallest absolute Gasteiger partial charge is 0.152 e. The van der Waals surface area contributed by atoms with Crippen LogP contribution in [0, 0.1) is 0 Å². The van der Waals surface area contributed by atoms with E-state index in [1.54, 1.807) is 12.4 Å². The molecule has 3 heteroatoms. The van der Waals surface area contributed by atoms with Crippen molar-refractivity contribution in [2.45, 2.75) is 45.1 Å². The van der Waals surface area contributed by atoms with E-state index in [9.17, 15) is 4.79 Å². The van der Waals surface area contributed by atoms with Crippen LogP contribution < -0.4 is 4.74 Å². The third-order valence-corrected chi connectivity index (χ3v) is 2.64. The molecule has 16 heavy (non-hydrogen) atoms. The van der Waals surface area contributed by atoms with Crippen LogP contribution in [0.15, 0.2) is 12.4 Å². The number of nitrogens with zero attached hydrogens (tertiary/aromatic N) is 1. The molecule has 0 bridgehead atoms. The van der Waals surface area contributed by atoms with Crippen LogP contribution in [0.4, 0.5) is 0 Å². The van der Waals surface area contributed by atoms with E-state index in [0.29, 0.717) is 11.7 Å². The Labute approximate surface area is 95.8 Å². The van der Waals surface area contributed by atoms with Gasteiger partial charge in [0.05, 0.1) is 12.3 Å². The zero-order valence-corrected chi connectivity index (χ0v) is 9.99. The van der Waals surface area contributed by atoms with Crippen molar-refractivity contribution >= 4 is 6.29 Å².